The number of hydrogen-bond donors (Lipinski definition) is 2. The molecule has 7 heteroatoms. The molecule has 2 heterocycles. The number of thioether (sulfide) groups is 1. The van der Waals surface area contributed by atoms with Gasteiger partial charge in [0.1, 0.15) is 5.82 Å². The standard InChI is InChI=1S/C19H26FN3O2S/c20-16-3-1-14(2-4-16)11-21-18(24)19(25)22-12-15-5-8-23(9-6-15)17-7-10-26-13-17/h1-4,15,17H,5-13H2,(H,21,24)(H,22,25)/t17-/m1/s1. The van der Waals surface area contributed by atoms with Crippen LogP contribution in [0, 0.1) is 11.7 Å². The summed E-state index contributed by atoms with van der Waals surface area (Å²) < 4.78 is 12.8. The van der Waals surface area contributed by atoms with Gasteiger partial charge in [-0.3, -0.25) is 14.5 Å². The lowest BCUT2D eigenvalue weighted by atomic mass is 9.95. The number of nitrogens with zero attached hydrogens (tertiary/aromatic N) is 1. The molecule has 0 saturated carbocycles. The van der Waals surface area contributed by atoms with E-state index < -0.39 is 11.8 Å². The van der Waals surface area contributed by atoms with Gasteiger partial charge in [0.05, 0.1) is 0 Å². The molecule has 0 radical (unpaired) electrons. The molecule has 0 aliphatic carbocycles. The number of benzene rings is 1. The first-order valence-electron chi connectivity index (χ1n) is 9.24. The van der Waals surface area contributed by atoms with E-state index in [1.165, 1.54) is 30.1 Å². The maximum atomic E-state index is 12.8. The van der Waals surface area contributed by atoms with Gasteiger partial charge < -0.3 is 10.6 Å². The molecule has 142 valence electrons. The highest BCUT2D eigenvalue weighted by atomic mass is 32.2. The fourth-order valence-corrected chi connectivity index (χ4v) is 4.77. The van der Waals surface area contributed by atoms with Crippen LogP contribution in [0.4, 0.5) is 4.39 Å². The zero-order valence-corrected chi connectivity index (χ0v) is 15.7. The summed E-state index contributed by atoms with van der Waals surface area (Å²) in [4.78, 5) is 26.4. The lowest BCUT2D eigenvalue weighted by molar-refractivity contribution is -0.139. The first-order valence-corrected chi connectivity index (χ1v) is 10.4. The lowest BCUT2D eigenvalue weighted by Gasteiger charge is -2.35. The van der Waals surface area contributed by atoms with Gasteiger partial charge in [0.15, 0.2) is 0 Å². The van der Waals surface area contributed by atoms with E-state index in [2.05, 4.69) is 15.5 Å². The van der Waals surface area contributed by atoms with Gasteiger partial charge in [-0.05, 0) is 61.7 Å². The topological polar surface area (TPSA) is 61.4 Å². The summed E-state index contributed by atoms with van der Waals surface area (Å²) in [6.45, 7) is 2.94. The average molecular weight is 380 g/mol. The first-order chi connectivity index (χ1) is 12.6. The van der Waals surface area contributed by atoms with Crippen molar-refractivity contribution in [1.82, 2.24) is 15.5 Å². The van der Waals surface area contributed by atoms with Crippen molar-refractivity contribution in [3.63, 3.8) is 0 Å². The minimum Gasteiger partial charge on any atom is -0.348 e. The summed E-state index contributed by atoms with van der Waals surface area (Å²) in [5.74, 6) is 1.39. The molecule has 2 amide bonds. The molecule has 0 bridgehead atoms. The largest absolute Gasteiger partial charge is 0.348 e. The molecule has 1 aromatic rings. The van der Waals surface area contributed by atoms with Gasteiger partial charge in [-0.25, -0.2) is 4.39 Å². The summed E-state index contributed by atoms with van der Waals surface area (Å²) in [5, 5.41) is 5.31. The van der Waals surface area contributed by atoms with E-state index >= 15 is 0 Å². The molecule has 0 unspecified atom stereocenters. The number of carbonyl (C=O) groups excluding carboxylic acids is 2. The summed E-state index contributed by atoms with van der Waals surface area (Å²) in [6.07, 6.45) is 3.43. The molecule has 1 atom stereocenters. The van der Waals surface area contributed by atoms with Gasteiger partial charge in [0.2, 0.25) is 0 Å². The van der Waals surface area contributed by atoms with E-state index in [1.54, 1.807) is 12.1 Å². The number of rotatable bonds is 5. The fraction of sp³-hybridized carbons (Fsp3) is 0.579. The fourth-order valence-electron chi connectivity index (χ4n) is 3.51. The molecule has 1 aromatic carbocycles. The molecule has 0 spiro atoms. The molecule has 26 heavy (non-hydrogen) atoms. The lowest BCUT2D eigenvalue weighted by Crippen LogP contribution is -2.45. The van der Waals surface area contributed by atoms with E-state index in [1.807, 2.05) is 11.8 Å². The third-order valence-corrected chi connectivity index (χ3v) is 6.34. The normalized spacial score (nSPS) is 21.5. The molecule has 3 rings (SSSR count). The monoisotopic (exact) mass is 379 g/mol. The van der Waals surface area contributed by atoms with Crippen molar-refractivity contribution in [2.45, 2.75) is 31.8 Å². The highest BCUT2D eigenvalue weighted by Crippen LogP contribution is 2.26. The highest BCUT2D eigenvalue weighted by Gasteiger charge is 2.27. The zero-order chi connectivity index (χ0) is 18.4. The molecule has 2 fully saturated rings. The van der Waals surface area contributed by atoms with Gasteiger partial charge in [-0.2, -0.15) is 11.8 Å². The first kappa shape index (κ1) is 19.2. The number of nitrogens with one attached hydrogen (secondary N) is 2. The van der Waals surface area contributed by atoms with E-state index in [0.29, 0.717) is 12.5 Å². The second-order valence-corrected chi connectivity index (χ2v) is 8.17. The molecule has 2 aliphatic heterocycles. The molecule has 5 nitrogen and oxygen atoms in total. The second-order valence-electron chi connectivity index (χ2n) is 7.02. The Morgan fingerprint density at radius 2 is 1.77 bits per heavy atom. The third kappa shape index (κ3) is 5.45. The SMILES string of the molecule is O=C(NCc1ccc(F)cc1)C(=O)NCC1CCN([C@@H]2CCSC2)CC1. The van der Waals surface area contributed by atoms with Gasteiger partial charge in [-0.15, -0.1) is 0 Å². The minimum atomic E-state index is -0.644. The Kier molecular flexibility index (Phi) is 6.91. The number of likely N-dealkylation sites (tertiary alicyclic amines) is 1. The average Bonchev–Trinajstić information content (AvgIpc) is 3.20. The second kappa shape index (κ2) is 9.37. The van der Waals surface area contributed by atoms with Gasteiger partial charge in [-0.1, -0.05) is 12.1 Å². The Labute approximate surface area is 158 Å². The summed E-state index contributed by atoms with van der Waals surface area (Å²) in [7, 11) is 0. The smallest absolute Gasteiger partial charge is 0.309 e. The molecule has 2 saturated heterocycles. The van der Waals surface area contributed by atoms with E-state index in [4.69, 9.17) is 0 Å². The number of amides is 2. The number of halogens is 1. The van der Waals surface area contributed by atoms with Crippen molar-refractivity contribution in [3.05, 3.63) is 35.6 Å². The van der Waals surface area contributed by atoms with Crippen molar-refractivity contribution >= 4 is 23.6 Å². The molecular formula is C19H26FN3O2S. The maximum Gasteiger partial charge on any atom is 0.309 e. The van der Waals surface area contributed by atoms with E-state index in [0.717, 1.165) is 37.5 Å². The summed E-state index contributed by atoms with van der Waals surface area (Å²) in [6, 6.07) is 6.57. The predicted octanol–water partition coefficient (Wildman–Crippen LogP) is 1.78. The van der Waals surface area contributed by atoms with Crippen LogP contribution >= 0.6 is 11.8 Å². The van der Waals surface area contributed by atoms with Crippen LogP contribution in [0.25, 0.3) is 0 Å². The zero-order valence-electron chi connectivity index (χ0n) is 14.9. The summed E-state index contributed by atoms with van der Waals surface area (Å²) in [5.41, 5.74) is 0.755. The van der Waals surface area contributed by atoms with Crippen LogP contribution in [0.1, 0.15) is 24.8 Å². The maximum absolute atomic E-state index is 12.8. The third-order valence-electron chi connectivity index (χ3n) is 5.20. The highest BCUT2D eigenvalue weighted by molar-refractivity contribution is 7.99. The Morgan fingerprint density at radius 1 is 1.08 bits per heavy atom. The quantitative estimate of drug-likeness (QED) is 0.766. The Bertz CT molecular complexity index is 612. The molecule has 2 aliphatic rings. The number of hydrogen-bond acceptors (Lipinski definition) is 4. The Morgan fingerprint density at radius 3 is 2.42 bits per heavy atom. The number of carbonyl (C=O) groups is 2. The van der Waals surface area contributed by atoms with Crippen LogP contribution in [0.15, 0.2) is 24.3 Å². The van der Waals surface area contributed by atoms with Crippen molar-refractivity contribution in [1.29, 1.82) is 0 Å². The van der Waals surface area contributed by atoms with Gasteiger partial charge in [0.25, 0.3) is 0 Å². The van der Waals surface area contributed by atoms with Crippen molar-refractivity contribution < 1.29 is 14.0 Å². The van der Waals surface area contributed by atoms with Crippen molar-refractivity contribution in [2.75, 3.05) is 31.1 Å². The van der Waals surface area contributed by atoms with Crippen molar-refractivity contribution in [3.8, 4) is 0 Å². The van der Waals surface area contributed by atoms with Crippen LogP contribution in [-0.4, -0.2) is 53.9 Å². The predicted molar refractivity (Wildman–Crippen MR) is 101 cm³/mol. The Balaban J connectivity index is 1.33. The van der Waals surface area contributed by atoms with Gasteiger partial charge >= 0.3 is 11.8 Å². The van der Waals surface area contributed by atoms with Crippen LogP contribution < -0.4 is 10.6 Å². The number of piperidine rings is 1. The van der Waals surface area contributed by atoms with Crippen molar-refractivity contribution in [2.24, 2.45) is 5.92 Å². The van der Waals surface area contributed by atoms with Crippen LogP contribution in [0.5, 0.6) is 0 Å². The Hall–Kier alpha value is -1.60. The van der Waals surface area contributed by atoms with E-state index in [9.17, 15) is 14.0 Å². The minimum absolute atomic E-state index is 0.213. The summed E-state index contributed by atoms with van der Waals surface area (Å²) >= 11 is 2.04. The van der Waals surface area contributed by atoms with Crippen LogP contribution in [0.2, 0.25) is 0 Å². The van der Waals surface area contributed by atoms with Crippen LogP contribution in [0.3, 0.4) is 0 Å². The molecular weight excluding hydrogens is 353 g/mol. The molecule has 2 N–H and O–H groups in total. The van der Waals surface area contributed by atoms with Crippen LogP contribution in [-0.2, 0) is 16.1 Å². The van der Waals surface area contributed by atoms with Gasteiger partial charge in [0, 0.05) is 24.9 Å². The van der Waals surface area contributed by atoms with E-state index in [-0.39, 0.29) is 12.4 Å². The molecule has 0 aromatic heterocycles.